The van der Waals surface area contributed by atoms with Crippen molar-refractivity contribution in [3.8, 4) is 28.2 Å². The number of hydrogen-bond donors (Lipinski definition) is 3. The smallest absolute Gasteiger partial charge is 0.273 e. The van der Waals surface area contributed by atoms with Crippen LogP contribution in [0.5, 0.6) is 0 Å². The first-order chi connectivity index (χ1) is 20.2. The number of aromatic nitrogens is 4. The molecule has 0 spiro atoms. The molecule has 1 atom stereocenters. The summed E-state index contributed by atoms with van der Waals surface area (Å²) in [6, 6.07) is 12.1. The first-order valence-corrected chi connectivity index (χ1v) is 15.3. The molecule has 6 rings (SSSR count). The van der Waals surface area contributed by atoms with Gasteiger partial charge in [0.2, 0.25) is 5.13 Å². The highest BCUT2D eigenvalue weighted by Gasteiger charge is 2.29. The van der Waals surface area contributed by atoms with E-state index in [-0.39, 0.29) is 10.6 Å². The molecule has 12 heteroatoms. The molecule has 1 aliphatic rings. The molecular weight excluding hydrogens is 577 g/mol. The third-order valence-electron chi connectivity index (χ3n) is 6.89. The molecule has 1 fully saturated rings. The van der Waals surface area contributed by atoms with Gasteiger partial charge in [-0.2, -0.15) is 5.10 Å². The molecule has 9 nitrogen and oxygen atoms in total. The largest absolute Gasteiger partial charge is 0.435 e. The molecule has 0 amide bonds. The number of oxazole rings is 1. The Balaban J connectivity index is 1.48. The summed E-state index contributed by atoms with van der Waals surface area (Å²) in [5, 5.41) is 31.8. The third kappa shape index (κ3) is 6.11. The van der Waals surface area contributed by atoms with E-state index >= 15 is 0 Å². The Labute approximate surface area is 247 Å². The van der Waals surface area contributed by atoms with E-state index in [9.17, 15) is 18.8 Å². The summed E-state index contributed by atoms with van der Waals surface area (Å²) in [5.74, 6) is 6.88. The summed E-state index contributed by atoms with van der Waals surface area (Å²) in [6.07, 6.45) is 3.17. The second kappa shape index (κ2) is 11.7. The van der Waals surface area contributed by atoms with Gasteiger partial charge in [-0.3, -0.25) is 0 Å². The maximum absolute atomic E-state index is 14.8. The van der Waals surface area contributed by atoms with Crippen molar-refractivity contribution < 1.29 is 23.2 Å². The van der Waals surface area contributed by atoms with Crippen molar-refractivity contribution in [2.45, 2.75) is 43.8 Å². The van der Waals surface area contributed by atoms with Crippen LogP contribution in [-0.2, 0) is 23.8 Å². The summed E-state index contributed by atoms with van der Waals surface area (Å²) in [5.41, 5.74) is 4.81. The van der Waals surface area contributed by atoms with Crippen LogP contribution < -0.4 is 5.14 Å². The average Bonchev–Trinajstić information content (AvgIpc) is 3.31. The predicted octanol–water partition coefficient (Wildman–Crippen LogP) is 4.34. The number of benzene rings is 2. The Morgan fingerprint density at radius 1 is 1.24 bits per heavy atom. The summed E-state index contributed by atoms with van der Waals surface area (Å²) in [4.78, 5) is 8.50. The number of aliphatic hydroxyl groups is 2. The summed E-state index contributed by atoms with van der Waals surface area (Å²) in [7, 11) is -1.94. The van der Waals surface area contributed by atoms with Crippen LogP contribution in [0.1, 0.15) is 58.9 Å². The van der Waals surface area contributed by atoms with Crippen LogP contribution in [0.4, 0.5) is 4.39 Å². The summed E-state index contributed by atoms with van der Waals surface area (Å²) < 4.78 is 33.7. The maximum Gasteiger partial charge on any atom is 0.273 e. The molecule has 2 aromatic carbocycles. The van der Waals surface area contributed by atoms with Gasteiger partial charge in [-0.05, 0) is 67.9 Å². The zero-order chi connectivity index (χ0) is 29.4. The maximum atomic E-state index is 14.8. The van der Waals surface area contributed by atoms with E-state index < -0.39 is 23.1 Å². The molecular formula is C30H26FN5O4S2. The zero-order valence-corrected chi connectivity index (χ0v) is 24.1. The first kappa shape index (κ1) is 28.1. The minimum atomic E-state index is -1.94. The highest BCUT2D eigenvalue weighted by atomic mass is 32.2. The van der Waals surface area contributed by atoms with Gasteiger partial charge in [-0.1, -0.05) is 24.1 Å². The highest BCUT2D eigenvalue weighted by Crippen LogP contribution is 2.38. The third-order valence-corrected chi connectivity index (χ3v) is 8.49. The molecule has 0 saturated heterocycles. The molecule has 3 heterocycles. The Bertz CT molecular complexity index is 1860. The quantitative estimate of drug-likeness (QED) is 0.177. The van der Waals surface area contributed by atoms with Crippen LogP contribution in [0.25, 0.3) is 16.4 Å². The fourth-order valence-corrected chi connectivity index (χ4v) is 5.93. The molecule has 5 aromatic rings. The number of rotatable bonds is 8. The Hall–Kier alpha value is -3.99. The van der Waals surface area contributed by atoms with Gasteiger partial charge in [0.15, 0.2) is 6.29 Å². The summed E-state index contributed by atoms with van der Waals surface area (Å²) in [6.45, 7) is 1.80. The van der Waals surface area contributed by atoms with Gasteiger partial charge < -0.3 is 14.6 Å². The van der Waals surface area contributed by atoms with Gasteiger partial charge >= 0.3 is 0 Å². The molecule has 1 saturated carbocycles. The van der Waals surface area contributed by atoms with Crippen LogP contribution in [0.2, 0.25) is 0 Å². The van der Waals surface area contributed by atoms with E-state index in [2.05, 4.69) is 21.8 Å². The van der Waals surface area contributed by atoms with Crippen molar-refractivity contribution in [2.24, 2.45) is 11.1 Å². The van der Waals surface area contributed by atoms with Crippen molar-refractivity contribution in [3.63, 3.8) is 0 Å². The van der Waals surface area contributed by atoms with E-state index in [1.54, 1.807) is 29.2 Å². The first-order valence-electron chi connectivity index (χ1n) is 13.2. The minimum Gasteiger partial charge on any atom is -0.435 e. The Morgan fingerprint density at radius 3 is 2.74 bits per heavy atom. The van der Waals surface area contributed by atoms with Crippen LogP contribution in [0.3, 0.4) is 0 Å². The predicted molar refractivity (Wildman–Crippen MR) is 155 cm³/mol. The monoisotopic (exact) mass is 603 g/mol. The van der Waals surface area contributed by atoms with Crippen molar-refractivity contribution in [3.05, 3.63) is 99.6 Å². The minimum absolute atomic E-state index is 0.0572. The fraction of sp³-hybridized carbons (Fsp3) is 0.233. The lowest BCUT2D eigenvalue weighted by Gasteiger charge is -2.10. The van der Waals surface area contributed by atoms with E-state index in [4.69, 9.17) is 14.7 Å². The van der Waals surface area contributed by atoms with Crippen molar-refractivity contribution >= 4 is 22.3 Å². The molecule has 1 aliphatic carbocycles. The average molecular weight is 604 g/mol. The molecule has 4 N–H and O–H groups in total. The van der Waals surface area contributed by atoms with E-state index in [1.807, 2.05) is 24.3 Å². The van der Waals surface area contributed by atoms with Crippen molar-refractivity contribution in [2.75, 3.05) is 0 Å². The fourth-order valence-electron chi connectivity index (χ4n) is 4.66. The number of aryl methyl sites for hydroxylation is 1. The molecule has 1 unspecified atom stereocenters. The van der Waals surface area contributed by atoms with Crippen LogP contribution in [-0.4, -0.2) is 34.2 Å². The van der Waals surface area contributed by atoms with Crippen molar-refractivity contribution in [1.82, 2.24) is 19.7 Å². The zero-order valence-electron chi connectivity index (χ0n) is 22.5. The second-order valence-electron chi connectivity index (χ2n) is 10.1. The van der Waals surface area contributed by atoms with Gasteiger partial charge in [0.25, 0.3) is 5.89 Å². The SMILES string of the molecule is Cc1cnc(C#Cc2cccc(-c3nn(-c4nc(C(O)O)cs4)c(CC4CC4)c3Cc3ccc(S(N)=O)c(F)c3)c2)o1. The lowest BCUT2D eigenvalue weighted by atomic mass is 9.96. The van der Waals surface area contributed by atoms with Gasteiger partial charge in [-0.25, -0.2) is 28.4 Å². The number of hydrogen-bond acceptors (Lipinski definition) is 8. The molecule has 0 aliphatic heterocycles. The van der Waals surface area contributed by atoms with Gasteiger partial charge in [0.1, 0.15) is 28.3 Å². The number of thiazole rings is 1. The molecule has 42 heavy (non-hydrogen) atoms. The lowest BCUT2D eigenvalue weighted by Crippen LogP contribution is -2.07. The molecule has 0 bridgehead atoms. The van der Waals surface area contributed by atoms with E-state index in [0.717, 1.165) is 41.6 Å². The van der Waals surface area contributed by atoms with Crippen LogP contribution in [0.15, 0.2) is 63.4 Å². The number of aliphatic hydroxyl groups excluding tert-OH is 1. The standard InChI is InChI=1S/C30H26FN5O4S2/c1-17-15-33-27(40-17)10-8-18-3-2-4-21(11-18)28-22(12-20-7-9-26(42(32)39)23(31)13-20)25(14-19-5-6-19)36(35-28)30-34-24(16-41-30)29(37)38/h2-4,7,9,11,13,15-16,19,29,37-38H,5-6,12,14,32H2,1H3. The topological polar surface area (TPSA) is 140 Å². The number of nitrogens with two attached hydrogens (primary N) is 1. The highest BCUT2D eigenvalue weighted by molar-refractivity contribution is 7.82. The number of halogens is 1. The van der Waals surface area contributed by atoms with Crippen LogP contribution >= 0.6 is 11.3 Å². The van der Waals surface area contributed by atoms with E-state index in [0.29, 0.717) is 40.4 Å². The van der Waals surface area contributed by atoms with Gasteiger partial charge in [0.05, 0.1) is 22.5 Å². The van der Waals surface area contributed by atoms with Crippen molar-refractivity contribution in [1.29, 1.82) is 0 Å². The second-order valence-corrected chi connectivity index (χ2v) is 12.0. The Kier molecular flexibility index (Phi) is 7.85. The lowest BCUT2D eigenvalue weighted by molar-refractivity contribution is -0.0454. The van der Waals surface area contributed by atoms with Gasteiger partial charge in [-0.15, -0.1) is 11.3 Å². The normalized spacial score (nSPS) is 13.8. The molecule has 3 aromatic heterocycles. The van der Waals surface area contributed by atoms with Crippen LogP contribution in [0, 0.1) is 30.5 Å². The molecule has 0 radical (unpaired) electrons. The number of nitrogens with zero attached hydrogens (tertiary/aromatic N) is 4. The Morgan fingerprint density at radius 2 is 2.07 bits per heavy atom. The van der Waals surface area contributed by atoms with Gasteiger partial charge in [0, 0.05) is 28.5 Å². The molecule has 214 valence electrons. The van der Waals surface area contributed by atoms with E-state index in [1.165, 1.54) is 23.5 Å². The summed E-state index contributed by atoms with van der Waals surface area (Å²) >= 11 is 1.26.